The molecule has 0 saturated carbocycles. The van der Waals surface area contributed by atoms with Gasteiger partial charge in [-0.1, -0.05) is 60.2 Å². The van der Waals surface area contributed by atoms with Crippen molar-refractivity contribution >= 4 is 41.1 Å². The Morgan fingerprint density at radius 3 is 2.27 bits per heavy atom. The van der Waals surface area contributed by atoms with Gasteiger partial charge in [-0.25, -0.2) is 0 Å². The first-order chi connectivity index (χ1) is 21.8. The van der Waals surface area contributed by atoms with Crippen LogP contribution in [-0.4, -0.2) is 68.9 Å². The SMILES string of the molecule is Cc1ccc(-c2ccccc2C(=O)Nc2ccc(C(=O)N3CCC(=O)N(C(C=O)OCCN(C)C)c4ccccc43)cc2)cc1. The van der Waals surface area contributed by atoms with Crippen molar-refractivity contribution in [2.45, 2.75) is 19.6 Å². The maximum Gasteiger partial charge on any atom is 0.258 e. The molecule has 4 aromatic rings. The molecule has 3 amide bonds. The number of hydrogen-bond acceptors (Lipinski definition) is 6. The van der Waals surface area contributed by atoms with Gasteiger partial charge in [0, 0.05) is 36.3 Å². The molecule has 0 spiro atoms. The Labute approximate surface area is 263 Å². The van der Waals surface area contributed by atoms with Crippen molar-refractivity contribution in [3.63, 3.8) is 0 Å². The smallest absolute Gasteiger partial charge is 0.258 e. The maximum absolute atomic E-state index is 13.8. The van der Waals surface area contributed by atoms with Crippen molar-refractivity contribution in [3.8, 4) is 11.1 Å². The molecule has 0 aromatic heterocycles. The predicted molar refractivity (Wildman–Crippen MR) is 176 cm³/mol. The Kier molecular flexibility index (Phi) is 9.82. The van der Waals surface area contributed by atoms with Gasteiger partial charge in [0.15, 0.2) is 12.5 Å². The van der Waals surface area contributed by atoms with Crippen molar-refractivity contribution in [2.75, 3.05) is 48.9 Å². The number of ether oxygens (including phenoxy) is 1. The van der Waals surface area contributed by atoms with Crippen LogP contribution in [-0.2, 0) is 14.3 Å². The van der Waals surface area contributed by atoms with Crippen LogP contribution in [0.2, 0.25) is 0 Å². The molecule has 230 valence electrons. The number of fused-ring (bicyclic) bond motifs is 1. The van der Waals surface area contributed by atoms with E-state index < -0.39 is 6.23 Å². The molecule has 1 heterocycles. The Morgan fingerprint density at radius 1 is 0.911 bits per heavy atom. The highest BCUT2D eigenvalue weighted by Gasteiger charge is 2.34. The standard InChI is InChI=1S/C36H36N4O5/c1-25-12-14-26(15-13-25)29-8-4-5-9-30(29)35(43)37-28-18-16-27(17-19-28)36(44)39-21-20-33(42)40(32-11-7-6-10-31(32)39)34(24-41)45-23-22-38(2)3/h4-19,24,34H,20-23H2,1-3H3,(H,37,43). The summed E-state index contributed by atoms with van der Waals surface area (Å²) < 4.78 is 5.78. The number of carbonyl (C=O) groups is 4. The van der Waals surface area contributed by atoms with Gasteiger partial charge in [-0.3, -0.25) is 24.1 Å². The molecule has 1 atom stereocenters. The summed E-state index contributed by atoms with van der Waals surface area (Å²) in [6.45, 7) is 2.98. The molecule has 5 rings (SSSR count). The van der Waals surface area contributed by atoms with Gasteiger partial charge in [-0.05, 0) is 74.6 Å². The summed E-state index contributed by atoms with van der Waals surface area (Å²) >= 11 is 0. The number of benzene rings is 4. The lowest BCUT2D eigenvalue weighted by atomic mass is 9.98. The van der Waals surface area contributed by atoms with Crippen LogP contribution in [0.3, 0.4) is 0 Å². The predicted octanol–water partition coefficient (Wildman–Crippen LogP) is 5.40. The van der Waals surface area contributed by atoms with E-state index in [0.29, 0.717) is 41.0 Å². The van der Waals surface area contributed by atoms with Crippen molar-refractivity contribution in [3.05, 3.63) is 114 Å². The highest BCUT2D eigenvalue weighted by atomic mass is 16.5. The second-order valence-corrected chi connectivity index (χ2v) is 11.1. The van der Waals surface area contributed by atoms with Crippen molar-refractivity contribution in [1.29, 1.82) is 0 Å². The molecule has 1 aliphatic rings. The molecule has 9 heteroatoms. The summed E-state index contributed by atoms with van der Waals surface area (Å²) in [5.41, 5.74) is 5.29. The second-order valence-electron chi connectivity index (χ2n) is 11.1. The zero-order valence-electron chi connectivity index (χ0n) is 25.6. The maximum atomic E-state index is 13.8. The van der Waals surface area contributed by atoms with Gasteiger partial charge in [-0.15, -0.1) is 0 Å². The van der Waals surface area contributed by atoms with Crippen LogP contribution in [0.25, 0.3) is 11.1 Å². The monoisotopic (exact) mass is 604 g/mol. The van der Waals surface area contributed by atoms with Crippen molar-refractivity contribution < 1.29 is 23.9 Å². The summed E-state index contributed by atoms with van der Waals surface area (Å²) in [5.74, 6) is -0.887. The third-order valence-corrected chi connectivity index (χ3v) is 7.62. The number of nitrogens with one attached hydrogen (secondary N) is 1. The number of aldehydes is 1. The lowest BCUT2D eigenvalue weighted by Gasteiger charge is -2.29. The highest BCUT2D eigenvalue weighted by Crippen LogP contribution is 2.35. The van der Waals surface area contributed by atoms with Crippen LogP contribution >= 0.6 is 0 Å². The zero-order valence-corrected chi connectivity index (χ0v) is 25.6. The first-order valence-corrected chi connectivity index (χ1v) is 14.8. The fraction of sp³-hybridized carbons (Fsp3) is 0.222. The minimum Gasteiger partial charge on any atom is -0.349 e. The van der Waals surface area contributed by atoms with E-state index in [4.69, 9.17) is 4.74 Å². The Hall–Kier alpha value is -5.12. The molecule has 4 aromatic carbocycles. The first-order valence-electron chi connectivity index (χ1n) is 14.8. The number of likely N-dealkylation sites (N-methyl/N-ethyl adjacent to an activating group) is 1. The third kappa shape index (κ3) is 7.17. The number of anilines is 3. The average Bonchev–Trinajstić information content (AvgIpc) is 3.19. The number of hydrogen-bond donors (Lipinski definition) is 1. The average molecular weight is 605 g/mol. The highest BCUT2D eigenvalue weighted by molar-refractivity contribution is 6.12. The van der Waals surface area contributed by atoms with E-state index in [-0.39, 0.29) is 37.3 Å². The third-order valence-electron chi connectivity index (χ3n) is 7.62. The van der Waals surface area contributed by atoms with Gasteiger partial charge in [0.25, 0.3) is 11.8 Å². The number of rotatable bonds is 10. The minimum absolute atomic E-state index is 0.0103. The zero-order chi connectivity index (χ0) is 31.9. The fourth-order valence-corrected chi connectivity index (χ4v) is 5.22. The summed E-state index contributed by atoms with van der Waals surface area (Å²) in [6, 6.07) is 29.1. The molecule has 0 saturated heterocycles. The van der Waals surface area contributed by atoms with E-state index in [1.54, 1.807) is 59.5 Å². The van der Waals surface area contributed by atoms with E-state index >= 15 is 0 Å². The molecule has 0 aliphatic carbocycles. The molecule has 0 fully saturated rings. The number of para-hydroxylation sites is 2. The van der Waals surface area contributed by atoms with Crippen LogP contribution in [0.5, 0.6) is 0 Å². The van der Waals surface area contributed by atoms with E-state index in [2.05, 4.69) is 5.32 Å². The first kappa shape index (κ1) is 31.3. The van der Waals surface area contributed by atoms with Gasteiger partial charge in [0.05, 0.1) is 18.0 Å². The lowest BCUT2D eigenvalue weighted by Crippen LogP contribution is -2.43. The Bertz CT molecular complexity index is 1680. The topological polar surface area (TPSA) is 99.3 Å². The number of carbonyl (C=O) groups excluding carboxylic acids is 4. The molecular formula is C36H36N4O5. The molecule has 9 nitrogen and oxygen atoms in total. The van der Waals surface area contributed by atoms with Crippen LogP contribution in [0.4, 0.5) is 17.1 Å². The Morgan fingerprint density at radius 2 is 1.58 bits per heavy atom. The van der Waals surface area contributed by atoms with E-state index in [1.165, 1.54) is 4.90 Å². The van der Waals surface area contributed by atoms with E-state index in [1.807, 2.05) is 68.4 Å². The molecule has 1 N–H and O–H groups in total. The molecule has 0 bridgehead atoms. The van der Waals surface area contributed by atoms with Gasteiger partial charge in [-0.2, -0.15) is 0 Å². The van der Waals surface area contributed by atoms with Crippen LogP contribution < -0.4 is 15.1 Å². The normalized spacial score (nSPS) is 13.6. The second kappa shape index (κ2) is 14.1. The molecule has 45 heavy (non-hydrogen) atoms. The van der Waals surface area contributed by atoms with Gasteiger partial charge >= 0.3 is 0 Å². The van der Waals surface area contributed by atoms with Gasteiger partial charge in [0.1, 0.15) is 0 Å². The van der Waals surface area contributed by atoms with E-state index in [0.717, 1.165) is 16.7 Å². The molecule has 1 aliphatic heterocycles. The lowest BCUT2D eigenvalue weighted by molar-refractivity contribution is -0.127. The summed E-state index contributed by atoms with van der Waals surface area (Å²) in [7, 11) is 3.78. The van der Waals surface area contributed by atoms with Crippen LogP contribution in [0, 0.1) is 6.92 Å². The molecular weight excluding hydrogens is 568 g/mol. The van der Waals surface area contributed by atoms with Gasteiger partial charge < -0.3 is 19.9 Å². The van der Waals surface area contributed by atoms with Crippen molar-refractivity contribution in [1.82, 2.24) is 4.90 Å². The number of nitrogens with zero attached hydrogens (tertiary/aromatic N) is 3. The van der Waals surface area contributed by atoms with Crippen LogP contribution in [0.1, 0.15) is 32.7 Å². The number of aryl methyl sites for hydroxylation is 1. The molecule has 0 radical (unpaired) electrons. The largest absolute Gasteiger partial charge is 0.349 e. The number of amides is 3. The quantitative estimate of drug-likeness (QED) is 0.244. The summed E-state index contributed by atoms with van der Waals surface area (Å²) in [5, 5.41) is 2.94. The molecule has 1 unspecified atom stereocenters. The Balaban J connectivity index is 1.34. The summed E-state index contributed by atoms with van der Waals surface area (Å²) in [6.07, 6.45) is -0.502. The summed E-state index contributed by atoms with van der Waals surface area (Å²) in [4.78, 5) is 57.2. The fourth-order valence-electron chi connectivity index (χ4n) is 5.22. The van der Waals surface area contributed by atoms with Crippen LogP contribution in [0.15, 0.2) is 97.1 Å². The van der Waals surface area contributed by atoms with Crippen molar-refractivity contribution in [2.24, 2.45) is 0 Å². The van der Waals surface area contributed by atoms with Gasteiger partial charge in [0.2, 0.25) is 5.91 Å². The minimum atomic E-state index is -1.12. The van der Waals surface area contributed by atoms with E-state index in [9.17, 15) is 19.2 Å².